The van der Waals surface area contributed by atoms with Crippen LogP contribution < -0.4 is 0 Å². The molecule has 4 N–H and O–H groups in total. The van der Waals surface area contributed by atoms with Gasteiger partial charge in [0.1, 0.15) is 17.8 Å². The Morgan fingerprint density at radius 1 is 1.03 bits per heavy atom. The van der Waals surface area contributed by atoms with Gasteiger partial charge in [0.05, 0.1) is 29.8 Å². The van der Waals surface area contributed by atoms with E-state index in [9.17, 15) is 25.2 Å². The highest BCUT2D eigenvalue weighted by atomic mass is 16.7. The highest BCUT2D eigenvalue weighted by Crippen LogP contribution is 2.35. The highest BCUT2D eigenvalue weighted by molar-refractivity contribution is 5.73. The maximum absolute atomic E-state index is 13.5. The third kappa shape index (κ3) is 8.12. The van der Waals surface area contributed by atoms with E-state index in [1.54, 1.807) is 13.8 Å². The topological polar surface area (TPSA) is 129 Å². The average Bonchev–Trinajstić information content (AvgIpc) is 2.80. The van der Waals surface area contributed by atoms with Crippen LogP contribution >= 0.6 is 0 Å². The van der Waals surface area contributed by atoms with Gasteiger partial charge in [-0.3, -0.25) is 4.79 Å². The van der Waals surface area contributed by atoms with Gasteiger partial charge in [-0.1, -0.05) is 27.7 Å². The first-order valence-electron chi connectivity index (χ1n) is 14.4. The molecule has 2 aliphatic heterocycles. The lowest BCUT2D eigenvalue weighted by atomic mass is 9.80. The fourth-order valence-electron chi connectivity index (χ4n) is 6.57. The predicted molar refractivity (Wildman–Crippen MR) is 145 cm³/mol. The van der Waals surface area contributed by atoms with E-state index >= 15 is 0 Å². The lowest BCUT2D eigenvalue weighted by molar-refractivity contribution is -0.262. The van der Waals surface area contributed by atoms with Gasteiger partial charge in [-0.2, -0.15) is 0 Å². The van der Waals surface area contributed by atoms with Crippen molar-refractivity contribution in [3.05, 3.63) is 0 Å². The van der Waals surface area contributed by atoms with Crippen LogP contribution in [0.15, 0.2) is 0 Å². The van der Waals surface area contributed by atoms with Crippen LogP contribution in [0.3, 0.4) is 0 Å². The number of nitrogens with zero attached hydrogens (tertiary/aromatic N) is 1. The van der Waals surface area contributed by atoms with Crippen molar-refractivity contribution in [1.29, 1.82) is 0 Å². The molecule has 9 nitrogen and oxygen atoms in total. The Hall–Kier alpha value is -0.810. The van der Waals surface area contributed by atoms with Gasteiger partial charge < -0.3 is 39.5 Å². The number of hydrogen-bond donors (Lipinski definition) is 4. The Morgan fingerprint density at radius 3 is 2.18 bits per heavy atom. The molecule has 0 radical (unpaired) electrons. The lowest BCUT2D eigenvalue weighted by Gasteiger charge is -2.42. The molecule has 0 unspecified atom stereocenters. The molecule has 0 saturated carbocycles. The first-order chi connectivity index (χ1) is 17.4. The van der Waals surface area contributed by atoms with Crippen LogP contribution in [-0.4, -0.2) is 98.9 Å². The summed E-state index contributed by atoms with van der Waals surface area (Å²) < 4.78 is 18.2. The molecule has 13 atom stereocenters. The number of aliphatic hydroxyl groups excluding tert-OH is 2. The van der Waals surface area contributed by atoms with E-state index in [1.165, 1.54) is 6.92 Å². The van der Waals surface area contributed by atoms with Crippen molar-refractivity contribution >= 4 is 5.97 Å². The maximum atomic E-state index is 13.5. The molecule has 0 aromatic heterocycles. The molecule has 2 rings (SSSR count). The number of carbonyl (C=O) groups excluding carboxylic acids is 1. The molecule has 2 saturated heterocycles. The van der Waals surface area contributed by atoms with E-state index in [2.05, 4.69) is 6.92 Å². The number of rotatable bonds is 3. The average molecular weight is 546 g/mol. The summed E-state index contributed by atoms with van der Waals surface area (Å²) >= 11 is 0. The van der Waals surface area contributed by atoms with Crippen molar-refractivity contribution in [3.8, 4) is 0 Å². The molecule has 224 valence electrons. The number of cyclic esters (lactones) is 1. The van der Waals surface area contributed by atoms with Crippen molar-refractivity contribution in [2.75, 3.05) is 13.6 Å². The first kappa shape index (κ1) is 33.4. The van der Waals surface area contributed by atoms with Gasteiger partial charge in [0.2, 0.25) is 0 Å². The third-order valence-electron chi connectivity index (χ3n) is 8.91. The lowest BCUT2D eigenvalue weighted by Crippen LogP contribution is -2.59. The fourth-order valence-corrected chi connectivity index (χ4v) is 6.57. The van der Waals surface area contributed by atoms with Crippen LogP contribution in [0.4, 0.5) is 0 Å². The van der Waals surface area contributed by atoms with Crippen molar-refractivity contribution < 1.29 is 39.4 Å². The molecule has 0 aromatic rings. The van der Waals surface area contributed by atoms with Crippen molar-refractivity contribution in [2.24, 2.45) is 23.7 Å². The zero-order valence-electron chi connectivity index (χ0n) is 25.3. The van der Waals surface area contributed by atoms with Gasteiger partial charge >= 0.3 is 5.97 Å². The predicted octanol–water partition coefficient (Wildman–Crippen LogP) is 2.71. The second kappa shape index (κ2) is 13.2. The van der Waals surface area contributed by atoms with Crippen LogP contribution in [0.2, 0.25) is 0 Å². The van der Waals surface area contributed by atoms with Crippen LogP contribution in [0.1, 0.15) is 88.0 Å². The molecular formula is C29H55NO8. The van der Waals surface area contributed by atoms with Gasteiger partial charge in [-0.15, -0.1) is 0 Å². The number of hydrogen-bond acceptors (Lipinski definition) is 9. The van der Waals surface area contributed by atoms with E-state index in [0.29, 0.717) is 32.2 Å². The first-order valence-corrected chi connectivity index (χ1v) is 14.4. The molecule has 2 fully saturated rings. The molecule has 9 heteroatoms. The number of likely N-dealkylation sites (N-methyl/N-ethyl adjacent to an activating group) is 1. The summed E-state index contributed by atoms with van der Waals surface area (Å²) in [5, 5.41) is 44.3. The number of esters is 1. The SMILES string of the molecule is CC[C@H]1OC(=O)[C@H](C)[C@@H](O[C@H]2C[C@H](C)[C@@H](O)[C@H](C)O2)[C@H](C)C[C@](C)(O)C[C@@H](C)CN(C)[C@H](C)[C@@H](O)[C@]1(C)O. The summed E-state index contributed by atoms with van der Waals surface area (Å²) in [7, 11) is 1.89. The van der Waals surface area contributed by atoms with Crippen molar-refractivity contribution in [3.63, 3.8) is 0 Å². The minimum absolute atomic E-state index is 0.0347. The molecule has 0 bridgehead atoms. The normalized spacial score (nSPS) is 49.1. The summed E-state index contributed by atoms with van der Waals surface area (Å²) in [6.07, 6.45) is -2.63. The monoisotopic (exact) mass is 545 g/mol. The summed E-state index contributed by atoms with van der Waals surface area (Å²) in [5.41, 5.74) is -2.70. The quantitative estimate of drug-likeness (QED) is 0.396. The van der Waals surface area contributed by atoms with Gasteiger partial charge in [0, 0.05) is 19.0 Å². The Bertz CT molecular complexity index is 749. The van der Waals surface area contributed by atoms with Gasteiger partial charge in [0.25, 0.3) is 0 Å². The Labute approximate surface area is 229 Å². The van der Waals surface area contributed by atoms with Crippen molar-refractivity contribution in [2.45, 2.75) is 142 Å². The number of carbonyl (C=O) groups is 1. The van der Waals surface area contributed by atoms with E-state index in [1.807, 2.05) is 46.6 Å². The minimum Gasteiger partial charge on any atom is -0.459 e. The van der Waals surface area contributed by atoms with Crippen LogP contribution in [0.5, 0.6) is 0 Å². The number of aliphatic hydroxyl groups is 4. The van der Waals surface area contributed by atoms with Crippen LogP contribution in [-0.2, 0) is 19.0 Å². The Kier molecular flexibility index (Phi) is 11.6. The fraction of sp³-hybridized carbons (Fsp3) is 0.966. The highest BCUT2D eigenvalue weighted by Gasteiger charge is 2.46. The second-order valence-electron chi connectivity index (χ2n) is 13.0. The Morgan fingerprint density at radius 2 is 1.63 bits per heavy atom. The molecule has 0 amide bonds. The smallest absolute Gasteiger partial charge is 0.311 e. The van der Waals surface area contributed by atoms with Crippen LogP contribution in [0.25, 0.3) is 0 Å². The maximum Gasteiger partial charge on any atom is 0.311 e. The molecular weight excluding hydrogens is 490 g/mol. The zero-order valence-corrected chi connectivity index (χ0v) is 25.3. The third-order valence-corrected chi connectivity index (χ3v) is 8.91. The van der Waals surface area contributed by atoms with Gasteiger partial charge in [0.15, 0.2) is 6.29 Å². The molecule has 0 aliphatic carbocycles. The van der Waals surface area contributed by atoms with Crippen molar-refractivity contribution in [1.82, 2.24) is 4.90 Å². The van der Waals surface area contributed by atoms with Gasteiger partial charge in [-0.25, -0.2) is 0 Å². The second-order valence-corrected chi connectivity index (χ2v) is 13.0. The van der Waals surface area contributed by atoms with E-state index in [0.717, 1.165) is 0 Å². The molecule has 38 heavy (non-hydrogen) atoms. The van der Waals surface area contributed by atoms with Crippen LogP contribution in [0, 0.1) is 23.7 Å². The Balaban J connectivity index is 2.43. The number of ether oxygens (including phenoxy) is 3. The summed E-state index contributed by atoms with van der Waals surface area (Å²) in [6, 6.07) is -0.412. The summed E-state index contributed by atoms with van der Waals surface area (Å²) in [4.78, 5) is 15.5. The molecule has 0 spiro atoms. The van der Waals surface area contributed by atoms with E-state index in [4.69, 9.17) is 14.2 Å². The zero-order chi connectivity index (χ0) is 29.2. The van der Waals surface area contributed by atoms with Gasteiger partial charge in [-0.05, 0) is 78.7 Å². The standard InChI is InChI=1S/C29H55NO8/c1-11-22-29(9,35)26(32)20(6)30(10)15-16(2)13-28(8,34)14-18(4)25(19(5)27(33)37-22)38-23-12-17(3)24(31)21(7)36-23/h16-26,31-32,34-35H,11-15H2,1-10H3/t16-,17+,18-,19-,20-,21+,22-,23+,24-,25+,26-,28-,29-/m1/s1. The van der Waals surface area contributed by atoms with E-state index in [-0.39, 0.29) is 17.8 Å². The largest absolute Gasteiger partial charge is 0.459 e. The van der Waals surface area contributed by atoms with E-state index < -0.39 is 65.9 Å². The summed E-state index contributed by atoms with van der Waals surface area (Å²) in [6.45, 7) is 17.1. The molecule has 0 aromatic carbocycles. The molecule has 2 aliphatic rings. The summed E-state index contributed by atoms with van der Waals surface area (Å²) in [5.74, 6) is -1.43. The molecule has 2 heterocycles. The minimum atomic E-state index is -1.68.